The third kappa shape index (κ3) is 5.36. The number of fused-ring (bicyclic) bond motifs is 1. The van der Waals surface area contributed by atoms with Crippen molar-refractivity contribution in [2.45, 2.75) is 46.0 Å². The van der Waals surface area contributed by atoms with Crippen LogP contribution >= 0.6 is 0 Å². The number of H-pyrrole nitrogens is 1. The normalized spacial score (nSPS) is 16.7. The van der Waals surface area contributed by atoms with Gasteiger partial charge in [0, 0.05) is 40.9 Å². The third-order valence-electron chi connectivity index (χ3n) is 6.73. The highest BCUT2D eigenvalue weighted by molar-refractivity contribution is 7.89. The molecule has 3 aromatic rings. The monoisotopic (exact) mass is 498 g/mol. The van der Waals surface area contributed by atoms with Crippen molar-refractivity contribution >= 4 is 26.6 Å². The molecule has 1 aliphatic rings. The summed E-state index contributed by atoms with van der Waals surface area (Å²) in [5.74, 6) is 1.01. The molecular weight excluding hydrogens is 464 g/mol. The molecule has 0 spiro atoms. The van der Waals surface area contributed by atoms with Gasteiger partial charge in [0.2, 0.25) is 10.0 Å². The number of aryl methyl sites for hydroxylation is 1. The zero-order valence-electron chi connectivity index (χ0n) is 21.0. The number of primary sulfonamides is 1. The maximum atomic E-state index is 12.9. The van der Waals surface area contributed by atoms with E-state index in [4.69, 9.17) is 14.9 Å². The number of hydrogen-bond acceptors (Lipinski definition) is 6. The second kappa shape index (κ2) is 9.28. The fraction of sp³-hybridized carbons (Fsp3) is 0.462. The number of nitrogens with one attached hydrogen (secondary N) is 1. The van der Waals surface area contributed by atoms with Gasteiger partial charge in [0.25, 0.3) is 5.56 Å². The van der Waals surface area contributed by atoms with Gasteiger partial charge in [-0.25, -0.2) is 13.6 Å². The Labute approximate surface area is 206 Å². The molecule has 3 N–H and O–H groups in total. The Bertz CT molecular complexity index is 1420. The molecule has 2 aromatic heterocycles. The molecule has 35 heavy (non-hydrogen) atoms. The average molecular weight is 499 g/mol. The standard InChI is InChI=1S/C26H34N4O4S/c1-16-6-7-19(25(31)29-16)20-13-22(26(2,3)4)24(34-5)21-12-18(14-28-23(20)21)30-10-8-17(15-30)9-11-35(27,32)33/h6-7,12-14,17H,8-11,15H2,1-5H3,(H,29,31)(H2,27,32,33)/t17-/m0/s1. The van der Waals surface area contributed by atoms with Crippen molar-refractivity contribution in [1.82, 2.24) is 9.97 Å². The maximum Gasteiger partial charge on any atom is 0.256 e. The van der Waals surface area contributed by atoms with E-state index < -0.39 is 10.0 Å². The minimum Gasteiger partial charge on any atom is -0.496 e. The summed E-state index contributed by atoms with van der Waals surface area (Å²) in [4.78, 5) is 22.8. The Hall–Kier alpha value is -2.91. The number of aromatic amines is 1. The molecule has 8 nitrogen and oxygen atoms in total. The fourth-order valence-corrected chi connectivity index (χ4v) is 5.50. The number of rotatable bonds is 6. The first kappa shape index (κ1) is 25.2. The van der Waals surface area contributed by atoms with Crippen molar-refractivity contribution < 1.29 is 13.2 Å². The Balaban J connectivity index is 1.83. The number of nitrogens with two attached hydrogens (primary N) is 1. The third-order valence-corrected chi connectivity index (χ3v) is 7.53. The fourth-order valence-electron chi connectivity index (χ4n) is 4.84. The first-order valence-corrected chi connectivity index (χ1v) is 13.6. The Morgan fingerprint density at radius 2 is 1.97 bits per heavy atom. The lowest BCUT2D eigenvalue weighted by molar-refractivity contribution is 0.402. The molecule has 1 aromatic carbocycles. The minimum absolute atomic E-state index is 0.00129. The minimum atomic E-state index is -3.46. The quantitative estimate of drug-likeness (QED) is 0.535. The molecule has 0 unspecified atom stereocenters. The van der Waals surface area contributed by atoms with E-state index in [1.165, 1.54) is 0 Å². The highest BCUT2D eigenvalue weighted by atomic mass is 32.2. The second-order valence-electron chi connectivity index (χ2n) is 10.5. The summed E-state index contributed by atoms with van der Waals surface area (Å²) in [5, 5.41) is 6.04. The number of benzene rings is 1. The van der Waals surface area contributed by atoms with Crippen LogP contribution in [0.4, 0.5) is 5.69 Å². The topological polar surface area (TPSA) is 118 Å². The van der Waals surface area contributed by atoms with Gasteiger partial charge in [-0.1, -0.05) is 20.8 Å². The number of hydrogen-bond donors (Lipinski definition) is 2. The predicted molar refractivity (Wildman–Crippen MR) is 141 cm³/mol. The molecule has 4 rings (SSSR count). The SMILES string of the molecule is COc1c(C(C)(C)C)cc(-c2ccc(C)[nH]c2=O)c2ncc(N3CC[C@@H](CCS(N)(=O)=O)C3)cc12. The van der Waals surface area contributed by atoms with Crippen LogP contribution in [0.2, 0.25) is 0 Å². The van der Waals surface area contributed by atoms with Crippen molar-refractivity contribution in [3.05, 3.63) is 52.1 Å². The lowest BCUT2D eigenvalue weighted by atomic mass is 9.83. The van der Waals surface area contributed by atoms with Gasteiger partial charge in [-0.3, -0.25) is 9.78 Å². The molecule has 0 saturated carbocycles. The van der Waals surface area contributed by atoms with E-state index in [9.17, 15) is 13.2 Å². The number of sulfonamides is 1. The van der Waals surface area contributed by atoms with Crippen LogP contribution in [-0.2, 0) is 15.4 Å². The summed E-state index contributed by atoms with van der Waals surface area (Å²) in [6.45, 7) is 9.77. The molecule has 3 heterocycles. The van der Waals surface area contributed by atoms with Crippen molar-refractivity contribution in [1.29, 1.82) is 0 Å². The Morgan fingerprint density at radius 1 is 1.23 bits per heavy atom. The smallest absolute Gasteiger partial charge is 0.256 e. The van der Waals surface area contributed by atoms with Gasteiger partial charge in [-0.2, -0.15) is 0 Å². The van der Waals surface area contributed by atoms with Gasteiger partial charge in [0.15, 0.2) is 0 Å². The summed E-state index contributed by atoms with van der Waals surface area (Å²) in [6, 6.07) is 7.83. The summed E-state index contributed by atoms with van der Waals surface area (Å²) < 4.78 is 28.7. The molecule has 1 fully saturated rings. The van der Waals surface area contributed by atoms with Gasteiger partial charge in [-0.05, 0) is 55.4 Å². The molecule has 188 valence electrons. The van der Waals surface area contributed by atoms with Crippen LogP contribution in [-0.4, -0.2) is 44.3 Å². The average Bonchev–Trinajstić information content (AvgIpc) is 3.24. The van der Waals surface area contributed by atoms with Crippen molar-refractivity contribution in [3.63, 3.8) is 0 Å². The molecule has 0 bridgehead atoms. The van der Waals surface area contributed by atoms with Crippen molar-refractivity contribution in [2.75, 3.05) is 30.9 Å². The van der Waals surface area contributed by atoms with E-state index in [1.807, 2.05) is 31.3 Å². The second-order valence-corrected chi connectivity index (χ2v) is 12.2. The molecule has 0 aliphatic carbocycles. The highest BCUT2D eigenvalue weighted by Crippen LogP contribution is 2.42. The van der Waals surface area contributed by atoms with Gasteiger partial charge >= 0.3 is 0 Å². The lowest BCUT2D eigenvalue weighted by Crippen LogP contribution is -2.22. The largest absolute Gasteiger partial charge is 0.496 e. The number of pyridine rings is 2. The number of nitrogens with zero attached hydrogens (tertiary/aromatic N) is 2. The van der Waals surface area contributed by atoms with Gasteiger partial charge in [0.1, 0.15) is 5.75 Å². The first-order valence-electron chi connectivity index (χ1n) is 11.8. The molecule has 0 amide bonds. The van der Waals surface area contributed by atoms with E-state index in [0.717, 1.165) is 53.2 Å². The van der Waals surface area contributed by atoms with E-state index in [0.29, 0.717) is 17.5 Å². The van der Waals surface area contributed by atoms with E-state index >= 15 is 0 Å². The predicted octanol–water partition coefficient (Wildman–Crippen LogP) is 3.71. The molecule has 0 radical (unpaired) electrons. The zero-order chi connectivity index (χ0) is 25.5. The first-order chi connectivity index (χ1) is 16.4. The van der Waals surface area contributed by atoms with Crippen molar-refractivity contribution in [2.24, 2.45) is 11.1 Å². The molecule has 9 heteroatoms. The zero-order valence-corrected chi connectivity index (χ0v) is 21.8. The van der Waals surface area contributed by atoms with Crippen LogP contribution in [0.15, 0.2) is 35.3 Å². The van der Waals surface area contributed by atoms with Gasteiger partial charge in [0.05, 0.1) is 30.3 Å². The number of ether oxygens (including phenoxy) is 1. The van der Waals surface area contributed by atoms with Crippen LogP contribution in [0, 0.1) is 12.8 Å². The van der Waals surface area contributed by atoms with Gasteiger partial charge in [-0.15, -0.1) is 0 Å². The molecular formula is C26H34N4O4S. The number of methoxy groups -OCH3 is 1. The molecule has 1 saturated heterocycles. The van der Waals surface area contributed by atoms with E-state index in [2.05, 4.69) is 36.7 Å². The van der Waals surface area contributed by atoms with Crippen molar-refractivity contribution in [3.8, 4) is 16.9 Å². The van der Waals surface area contributed by atoms with Gasteiger partial charge < -0.3 is 14.6 Å². The van der Waals surface area contributed by atoms with Crippen LogP contribution in [0.25, 0.3) is 22.0 Å². The lowest BCUT2D eigenvalue weighted by Gasteiger charge is -2.26. The van der Waals surface area contributed by atoms with E-state index in [1.54, 1.807) is 7.11 Å². The molecule has 1 atom stereocenters. The maximum absolute atomic E-state index is 12.9. The Morgan fingerprint density at radius 3 is 2.60 bits per heavy atom. The van der Waals surface area contributed by atoms with Crippen LogP contribution in [0.5, 0.6) is 5.75 Å². The van der Waals surface area contributed by atoms with Crippen LogP contribution in [0.3, 0.4) is 0 Å². The van der Waals surface area contributed by atoms with Crippen LogP contribution in [0.1, 0.15) is 44.9 Å². The summed E-state index contributed by atoms with van der Waals surface area (Å²) in [7, 11) is -1.80. The van der Waals surface area contributed by atoms with E-state index in [-0.39, 0.29) is 22.6 Å². The highest BCUT2D eigenvalue weighted by Gasteiger charge is 2.27. The molecule has 1 aliphatic heterocycles. The summed E-state index contributed by atoms with van der Waals surface area (Å²) in [5.41, 5.74) is 4.40. The number of aromatic nitrogens is 2. The number of anilines is 1. The van der Waals surface area contributed by atoms with Crippen LogP contribution < -0.4 is 20.3 Å². The Kier molecular flexibility index (Phi) is 6.68. The summed E-state index contributed by atoms with van der Waals surface area (Å²) >= 11 is 0. The summed E-state index contributed by atoms with van der Waals surface area (Å²) in [6.07, 6.45) is 3.28.